The average Bonchev–Trinajstić information content (AvgIpc) is 2.58. The lowest BCUT2D eigenvalue weighted by Gasteiger charge is -2.25. The fourth-order valence-corrected chi connectivity index (χ4v) is 4.20. The molecule has 0 saturated heterocycles. The van der Waals surface area contributed by atoms with Gasteiger partial charge in [-0.15, -0.1) is 0 Å². The first-order valence-corrected chi connectivity index (χ1v) is 8.75. The van der Waals surface area contributed by atoms with Crippen molar-refractivity contribution in [3.8, 4) is 0 Å². The number of rotatable bonds is 5. The van der Waals surface area contributed by atoms with Gasteiger partial charge in [-0.2, -0.15) is 13.2 Å². The molecule has 154 valence electrons. The third kappa shape index (κ3) is 4.45. The van der Waals surface area contributed by atoms with Crippen LogP contribution >= 0.6 is 31.9 Å². The van der Waals surface area contributed by atoms with Gasteiger partial charge in [-0.1, -0.05) is 0 Å². The smallest absolute Gasteiger partial charge is 0.337 e. The van der Waals surface area contributed by atoms with Crippen molar-refractivity contribution in [1.29, 1.82) is 0 Å². The second kappa shape index (κ2) is 7.90. The number of hydrogen-bond acceptors (Lipinski definition) is 7. The van der Waals surface area contributed by atoms with E-state index in [2.05, 4.69) is 31.9 Å². The summed E-state index contributed by atoms with van der Waals surface area (Å²) in [7, 11) is 1.06. The molecule has 15 heteroatoms. The van der Waals surface area contributed by atoms with Crippen LogP contribution in [-0.2, 0) is 6.18 Å². The molecule has 0 N–H and O–H groups in total. The quantitative estimate of drug-likeness (QED) is 0.347. The Bertz CT molecular complexity index is 1020. The van der Waals surface area contributed by atoms with E-state index in [9.17, 15) is 43.5 Å². The fraction of sp³-hybridized carbons (Fsp3) is 0.143. The summed E-state index contributed by atoms with van der Waals surface area (Å²) < 4.78 is 40.7. The minimum atomic E-state index is -5.17. The lowest BCUT2D eigenvalue weighted by Crippen LogP contribution is -2.19. The van der Waals surface area contributed by atoms with Crippen LogP contribution in [0.15, 0.2) is 33.2 Å². The molecule has 0 spiro atoms. The number of benzene rings is 2. The van der Waals surface area contributed by atoms with Gasteiger partial charge in [-0.3, -0.25) is 30.3 Å². The first-order chi connectivity index (χ1) is 13.3. The standard InChI is InChI=1S/C14H7Br2F3N4O6/c1-20(13-9(15)3-7(22(26)27)4-10(13)16)12-8(14(17,18)19)2-6(21(24)25)5-11(12)23(28)29/h2-5H,1H3. The van der Waals surface area contributed by atoms with Crippen molar-refractivity contribution in [3.63, 3.8) is 0 Å². The molecule has 0 atom stereocenters. The van der Waals surface area contributed by atoms with Crippen molar-refractivity contribution in [2.24, 2.45) is 0 Å². The summed E-state index contributed by atoms with van der Waals surface area (Å²) in [5.41, 5.74) is -5.34. The van der Waals surface area contributed by atoms with Gasteiger partial charge in [0.2, 0.25) is 0 Å². The number of hydrogen-bond donors (Lipinski definition) is 0. The molecule has 0 aliphatic carbocycles. The van der Waals surface area contributed by atoms with Crippen LogP contribution in [0.1, 0.15) is 5.56 Å². The number of nitro groups is 3. The van der Waals surface area contributed by atoms with E-state index >= 15 is 0 Å². The maximum atomic E-state index is 13.6. The summed E-state index contributed by atoms with van der Waals surface area (Å²) in [4.78, 5) is 30.9. The molecule has 0 unspecified atom stereocenters. The molecule has 2 rings (SSSR count). The highest BCUT2D eigenvalue weighted by molar-refractivity contribution is 9.11. The Hall–Kier alpha value is -2.81. The van der Waals surface area contributed by atoms with E-state index in [4.69, 9.17) is 0 Å². The summed E-state index contributed by atoms with van der Waals surface area (Å²) in [6, 6.07) is 2.60. The number of non-ortho nitro benzene ring substituents is 2. The third-order valence-corrected chi connectivity index (χ3v) is 4.88. The molecular weight excluding hydrogens is 537 g/mol. The summed E-state index contributed by atoms with van der Waals surface area (Å²) in [6.45, 7) is 0. The van der Waals surface area contributed by atoms with Crippen LogP contribution in [0, 0.1) is 30.3 Å². The van der Waals surface area contributed by atoms with E-state index < -0.39 is 49.3 Å². The average molecular weight is 544 g/mol. The third-order valence-electron chi connectivity index (χ3n) is 3.67. The minimum absolute atomic E-state index is 0.0400. The van der Waals surface area contributed by atoms with E-state index in [1.165, 1.54) is 0 Å². The topological polar surface area (TPSA) is 133 Å². The summed E-state index contributed by atoms with van der Waals surface area (Å²) >= 11 is 6.01. The van der Waals surface area contributed by atoms with Gasteiger partial charge in [-0.25, -0.2) is 0 Å². The summed E-state index contributed by atoms with van der Waals surface area (Å²) in [6.07, 6.45) is -5.17. The molecule has 0 radical (unpaired) electrons. The number of alkyl halides is 3. The molecule has 10 nitrogen and oxygen atoms in total. The van der Waals surface area contributed by atoms with Crippen LogP contribution in [0.4, 0.5) is 41.6 Å². The Morgan fingerprint density at radius 1 is 0.828 bits per heavy atom. The molecular formula is C14H7Br2F3N4O6. The predicted octanol–water partition coefficient (Wildman–Crippen LogP) is 5.72. The lowest BCUT2D eigenvalue weighted by molar-refractivity contribution is -0.394. The Morgan fingerprint density at radius 2 is 1.28 bits per heavy atom. The summed E-state index contributed by atoms with van der Waals surface area (Å²) in [5, 5.41) is 33.3. The van der Waals surface area contributed by atoms with Crippen molar-refractivity contribution in [2.45, 2.75) is 6.18 Å². The van der Waals surface area contributed by atoms with Crippen molar-refractivity contribution >= 4 is 60.3 Å². The number of nitro benzene ring substituents is 3. The number of nitrogens with zero attached hydrogens (tertiary/aromatic N) is 4. The van der Waals surface area contributed by atoms with Gasteiger partial charge in [-0.05, 0) is 31.9 Å². The zero-order valence-electron chi connectivity index (χ0n) is 13.9. The van der Waals surface area contributed by atoms with Gasteiger partial charge < -0.3 is 4.90 Å². The summed E-state index contributed by atoms with van der Waals surface area (Å²) in [5.74, 6) is 0. The number of anilines is 2. The van der Waals surface area contributed by atoms with E-state index in [-0.39, 0.29) is 20.7 Å². The minimum Gasteiger partial charge on any atom is -0.337 e. The van der Waals surface area contributed by atoms with Gasteiger partial charge in [0.25, 0.3) is 17.1 Å². The highest BCUT2D eigenvalue weighted by Crippen LogP contribution is 2.49. The highest BCUT2D eigenvalue weighted by Gasteiger charge is 2.41. The second-order valence-electron chi connectivity index (χ2n) is 5.45. The molecule has 0 aliphatic rings. The first kappa shape index (κ1) is 22.5. The number of halogens is 5. The van der Waals surface area contributed by atoms with Crippen LogP contribution in [0.2, 0.25) is 0 Å². The van der Waals surface area contributed by atoms with Crippen LogP contribution in [-0.4, -0.2) is 21.8 Å². The Balaban J connectivity index is 2.88. The van der Waals surface area contributed by atoms with Gasteiger partial charge in [0.1, 0.15) is 5.69 Å². The molecule has 0 fully saturated rings. The lowest BCUT2D eigenvalue weighted by atomic mass is 10.1. The Kier molecular flexibility index (Phi) is 6.13. The van der Waals surface area contributed by atoms with Crippen LogP contribution in [0.5, 0.6) is 0 Å². The van der Waals surface area contributed by atoms with E-state index in [0.29, 0.717) is 6.07 Å². The van der Waals surface area contributed by atoms with Gasteiger partial charge in [0.05, 0.1) is 32.1 Å². The Morgan fingerprint density at radius 3 is 1.66 bits per heavy atom. The highest BCUT2D eigenvalue weighted by atomic mass is 79.9. The Labute approximate surface area is 175 Å². The van der Waals surface area contributed by atoms with Crippen molar-refractivity contribution in [1.82, 2.24) is 0 Å². The van der Waals surface area contributed by atoms with Crippen molar-refractivity contribution in [3.05, 3.63) is 69.1 Å². The van der Waals surface area contributed by atoms with Gasteiger partial charge in [0.15, 0.2) is 0 Å². The van der Waals surface area contributed by atoms with Gasteiger partial charge >= 0.3 is 6.18 Å². The van der Waals surface area contributed by atoms with Crippen LogP contribution < -0.4 is 4.90 Å². The monoisotopic (exact) mass is 542 g/mol. The second-order valence-corrected chi connectivity index (χ2v) is 7.16. The van der Waals surface area contributed by atoms with Crippen LogP contribution in [0.25, 0.3) is 0 Å². The maximum Gasteiger partial charge on any atom is 0.418 e. The van der Waals surface area contributed by atoms with Crippen molar-refractivity contribution < 1.29 is 27.9 Å². The predicted molar refractivity (Wildman–Crippen MR) is 101 cm³/mol. The van der Waals surface area contributed by atoms with Gasteiger partial charge in [0, 0.05) is 34.2 Å². The molecule has 29 heavy (non-hydrogen) atoms. The maximum absolute atomic E-state index is 13.6. The van der Waals surface area contributed by atoms with E-state index in [1.807, 2.05) is 0 Å². The normalized spacial score (nSPS) is 11.2. The molecule has 0 heterocycles. The van der Waals surface area contributed by atoms with E-state index in [0.717, 1.165) is 24.1 Å². The fourth-order valence-electron chi connectivity index (χ4n) is 2.51. The molecule has 0 amide bonds. The van der Waals surface area contributed by atoms with Crippen molar-refractivity contribution in [2.75, 3.05) is 11.9 Å². The largest absolute Gasteiger partial charge is 0.418 e. The van der Waals surface area contributed by atoms with E-state index in [1.54, 1.807) is 0 Å². The molecule has 2 aromatic rings. The zero-order chi connectivity index (χ0) is 22.3. The molecule has 0 saturated carbocycles. The first-order valence-electron chi connectivity index (χ1n) is 7.17. The van der Waals surface area contributed by atoms with Crippen LogP contribution in [0.3, 0.4) is 0 Å². The zero-order valence-corrected chi connectivity index (χ0v) is 17.1. The molecule has 0 bridgehead atoms. The SMILES string of the molecule is CN(c1c(Br)cc([N+](=O)[O-])cc1Br)c1c([N+](=O)[O-])cc([N+](=O)[O-])cc1C(F)(F)F. The molecule has 2 aromatic carbocycles. The molecule has 0 aliphatic heterocycles. The molecule has 0 aromatic heterocycles.